The zero-order chi connectivity index (χ0) is 12.3. The molecular weight excluding hydrogens is 226 g/mol. The largest absolute Gasteiger partial charge is 0.481 e. The fourth-order valence-electron chi connectivity index (χ4n) is 1.15. The minimum Gasteiger partial charge on any atom is -0.481 e. The van der Waals surface area contributed by atoms with Crippen molar-refractivity contribution in [3.8, 4) is 5.75 Å². The van der Waals surface area contributed by atoms with E-state index in [4.69, 9.17) is 5.73 Å². The van der Waals surface area contributed by atoms with E-state index in [1.807, 2.05) is 0 Å². The van der Waals surface area contributed by atoms with E-state index in [1.54, 1.807) is 0 Å². The van der Waals surface area contributed by atoms with Crippen molar-refractivity contribution in [1.29, 1.82) is 0 Å². The van der Waals surface area contributed by atoms with Crippen LogP contribution in [-0.2, 0) is 0 Å². The lowest BCUT2D eigenvalue weighted by Crippen LogP contribution is -2.20. The van der Waals surface area contributed by atoms with Gasteiger partial charge in [0.05, 0.1) is 0 Å². The molecule has 1 aromatic carbocycles. The molecule has 0 bridgehead atoms. The molecule has 0 aliphatic heterocycles. The number of ether oxygens (including phenoxy) is 1. The topological polar surface area (TPSA) is 35.2 Å². The number of hydrogen-bond acceptors (Lipinski definition) is 2. The Morgan fingerprint density at radius 2 is 2.00 bits per heavy atom. The fourth-order valence-corrected chi connectivity index (χ4v) is 1.15. The summed E-state index contributed by atoms with van der Waals surface area (Å²) in [4.78, 5) is 0. The van der Waals surface area contributed by atoms with Crippen molar-refractivity contribution in [2.75, 3.05) is 6.61 Å². The SMILES string of the molecule is CC(N)c1cccc(OCC(F)(F)F)c1F. The molecule has 0 heterocycles. The molecule has 0 fully saturated rings. The summed E-state index contributed by atoms with van der Waals surface area (Å²) in [7, 11) is 0. The number of halogens is 4. The Bertz CT molecular complexity index is 362. The van der Waals surface area contributed by atoms with Crippen molar-refractivity contribution in [3.05, 3.63) is 29.6 Å². The minimum atomic E-state index is -4.49. The summed E-state index contributed by atoms with van der Waals surface area (Å²) in [5.74, 6) is -1.28. The molecule has 2 N–H and O–H groups in total. The van der Waals surface area contributed by atoms with E-state index < -0.39 is 30.4 Å². The van der Waals surface area contributed by atoms with Crippen LogP contribution in [-0.4, -0.2) is 12.8 Å². The molecule has 0 saturated heterocycles. The Balaban J connectivity index is 2.85. The number of benzene rings is 1. The molecule has 0 spiro atoms. The molecule has 6 heteroatoms. The summed E-state index contributed by atoms with van der Waals surface area (Å²) in [6.07, 6.45) is -4.49. The van der Waals surface area contributed by atoms with E-state index >= 15 is 0 Å². The van der Waals surface area contributed by atoms with Gasteiger partial charge in [-0.1, -0.05) is 12.1 Å². The molecule has 0 radical (unpaired) electrons. The third-order valence-corrected chi connectivity index (χ3v) is 1.88. The number of hydrogen-bond donors (Lipinski definition) is 1. The summed E-state index contributed by atoms with van der Waals surface area (Å²) < 4.78 is 53.4. The highest BCUT2D eigenvalue weighted by Crippen LogP contribution is 2.25. The molecule has 16 heavy (non-hydrogen) atoms. The van der Waals surface area contributed by atoms with Crippen LogP contribution < -0.4 is 10.5 Å². The highest BCUT2D eigenvalue weighted by atomic mass is 19.4. The average Bonchev–Trinajstić information content (AvgIpc) is 2.14. The van der Waals surface area contributed by atoms with Crippen molar-refractivity contribution in [3.63, 3.8) is 0 Å². The van der Waals surface area contributed by atoms with Crippen LogP contribution in [0.25, 0.3) is 0 Å². The lowest BCUT2D eigenvalue weighted by Gasteiger charge is -2.13. The third-order valence-electron chi connectivity index (χ3n) is 1.88. The Labute approximate surface area is 90.0 Å². The van der Waals surface area contributed by atoms with E-state index in [0.29, 0.717) is 0 Å². The Hall–Kier alpha value is -1.30. The molecule has 0 aliphatic rings. The van der Waals surface area contributed by atoms with Gasteiger partial charge in [-0.3, -0.25) is 0 Å². The second kappa shape index (κ2) is 4.69. The molecule has 90 valence electrons. The standard InChI is InChI=1S/C10H11F4NO/c1-6(15)7-3-2-4-8(9(7)11)16-5-10(12,13)14/h2-4,6H,5,15H2,1H3. The van der Waals surface area contributed by atoms with Gasteiger partial charge >= 0.3 is 6.18 Å². The molecule has 1 unspecified atom stereocenters. The summed E-state index contributed by atoms with van der Waals surface area (Å²) in [5, 5.41) is 0. The van der Waals surface area contributed by atoms with Gasteiger partial charge in [-0.25, -0.2) is 4.39 Å². The van der Waals surface area contributed by atoms with Crippen molar-refractivity contribution >= 4 is 0 Å². The summed E-state index contributed by atoms with van der Waals surface area (Å²) >= 11 is 0. The summed E-state index contributed by atoms with van der Waals surface area (Å²) in [6, 6.07) is 3.33. The maximum Gasteiger partial charge on any atom is 0.422 e. The van der Waals surface area contributed by atoms with Crippen LogP contribution in [0, 0.1) is 5.82 Å². The third kappa shape index (κ3) is 3.37. The highest BCUT2D eigenvalue weighted by molar-refractivity contribution is 5.32. The van der Waals surface area contributed by atoms with Gasteiger partial charge in [-0.2, -0.15) is 13.2 Å². The zero-order valence-electron chi connectivity index (χ0n) is 8.51. The number of rotatable bonds is 3. The van der Waals surface area contributed by atoms with Crippen LogP contribution in [0.1, 0.15) is 18.5 Å². The highest BCUT2D eigenvalue weighted by Gasteiger charge is 2.29. The predicted molar refractivity (Wildman–Crippen MR) is 50.6 cm³/mol. The first-order valence-corrected chi connectivity index (χ1v) is 4.55. The molecule has 1 rings (SSSR count). The molecule has 0 saturated carbocycles. The molecule has 0 aromatic heterocycles. The quantitative estimate of drug-likeness (QED) is 0.820. The monoisotopic (exact) mass is 237 g/mol. The van der Waals surface area contributed by atoms with Crippen LogP contribution in [0.2, 0.25) is 0 Å². The second-order valence-electron chi connectivity index (χ2n) is 3.35. The van der Waals surface area contributed by atoms with E-state index in [9.17, 15) is 17.6 Å². The van der Waals surface area contributed by atoms with Crippen LogP contribution in [0.15, 0.2) is 18.2 Å². The first kappa shape index (κ1) is 12.8. The molecule has 0 amide bonds. The summed E-state index contributed by atoms with van der Waals surface area (Å²) in [6.45, 7) is 0.0122. The van der Waals surface area contributed by atoms with E-state index in [-0.39, 0.29) is 5.56 Å². The normalized spacial score (nSPS) is 13.6. The van der Waals surface area contributed by atoms with Gasteiger partial charge in [0.25, 0.3) is 0 Å². The smallest absolute Gasteiger partial charge is 0.422 e. The minimum absolute atomic E-state index is 0.125. The van der Waals surface area contributed by atoms with Crippen molar-refractivity contribution in [1.82, 2.24) is 0 Å². The molecule has 1 atom stereocenters. The first-order valence-electron chi connectivity index (χ1n) is 4.55. The lowest BCUT2D eigenvalue weighted by atomic mass is 10.1. The van der Waals surface area contributed by atoms with Crippen LogP contribution in [0.5, 0.6) is 5.75 Å². The van der Waals surface area contributed by atoms with Gasteiger partial charge in [0.15, 0.2) is 18.2 Å². The van der Waals surface area contributed by atoms with Gasteiger partial charge < -0.3 is 10.5 Å². The average molecular weight is 237 g/mol. The van der Waals surface area contributed by atoms with Gasteiger partial charge in [-0.05, 0) is 13.0 Å². The Morgan fingerprint density at radius 1 is 1.38 bits per heavy atom. The number of nitrogens with two attached hydrogens (primary N) is 1. The molecule has 0 aliphatic carbocycles. The zero-order valence-corrected chi connectivity index (χ0v) is 8.51. The molecule has 1 aromatic rings. The van der Waals surface area contributed by atoms with E-state index in [1.165, 1.54) is 19.1 Å². The van der Waals surface area contributed by atoms with E-state index in [0.717, 1.165) is 6.07 Å². The van der Waals surface area contributed by atoms with Crippen molar-refractivity contribution in [2.45, 2.75) is 19.1 Å². The van der Waals surface area contributed by atoms with Crippen LogP contribution >= 0.6 is 0 Å². The van der Waals surface area contributed by atoms with Crippen molar-refractivity contribution < 1.29 is 22.3 Å². The number of alkyl halides is 3. The Kier molecular flexibility index (Phi) is 3.74. The second-order valence-corrected chi connectivity index (χ2v) is 3.35. The first-order chi connectivity index (χ1) is 7.31. The summed E-state index contributed by atoms with van der Waals surface area (Å²) in [5.41, 5.74) is 5.57. The van der Waals surface area contributed by atoms with Crippen molar-refractivity contribution in [2.24, 2.45) is 5.73 Å². The predicted octanol–water partition coefficient (Wildman–Crippen LogP) is 2.79. The Morgan fingerprint density at radius 3 is 2.50 bits per heavy atom. The van der Waals surface area contributed by atoms with Crippen LogP contribution in [0.3, 0.4) is 0 Å². The molecule has 2 nitrogen and oxygen atoms in total. The van der Waals surface area contributed by atoms with Gasteiger partial charge in [0.1, 0.15) is 0 Å². The van der Waals surface area contributed by atoms with Gasteiger partial charge in [0, 0.05) is 11.6 Å². The van der Waals surface area contributed by atoms with E-state index in [2.05, 4.69) is 4.74 Å². The van der Waals surface area contributed by atoms with Crippen LogP contribution in [0.4, 0.5) is 17.6 Å². The molecular formula is C10H11F4NO. The fraction of sp³-hybridized carbons (Fsp3) is 0.400. The maximum absolute atomic E-state index is 13.5. The lowest BCUT2D eigenvalue weighted by molar-refractivity contribution is -0.153. The van der Waals surface area contributed by atoms with Gasteiger partial charge in [-0.15, -0.1) is 0 Å². The maximum atomic E-state index is 13.5. The van der Waals surface area contributed by atoms with Gasteiger partial charge in [0.2, 0.25) is 0 Å².